The van der Waals surface area contributed by atoms with E-state index in [1.807, 2.05) is 0 Å². The first-order valence-corrected chi connectivity index (χ1v) is 9.53. The first-order valence-electron chi connectivity index (χ1n) is 9.16. The topological polar surface area (TPSA) is 42.1 Å². The maximum absolute atomic E-state index is 15.8. The molecule has 0 atom stereocenters. The Morgan fingerprint density at radius 2 is 1.66 bits per heavy atom. The van der Waals surface area contributed by atoms with Gasteiger partial charge in [0, 0.05) is 28.8 Å². The number of aromatic nitrogens is 1. The molecule has 2 aromatic rings. The number of carbonyl (C=O) groups excluding carboxylic acids is 2. The summed E-state index contributed by atoms with van der Waals surface area (Å²) in [5.74, 6) is 0. The van der Waals surface area contributed by atoms with Gasteiger partial charge in [-0.2, -0.15) is 0 Å². The SMILES string of the molecule is CC1=C(C=O)C(C)=[N+]2C1=C(c1ccc(Cl)cc1)c1c(C)c(C=O)c(C)n1[B-]2(F)F. The van der Waals surface area contributed by atoms with Crippen LogP contribution in [0.5, 0.6) is 0 Å². The number of fused-ring (bicyclic) bond motifs is 2. The highest BCUT2D eigenvalue weighted by molar-refractivity contribution is 6.58. The predicted molar refractivity (Wildman–Crippen MR) is 110 cm³/mol. The van der Waals surface area contributed by atoms with E-state index in [1.54, 1.807) is 38.1 Å². The molecule has 0 amide bonds. The Morgan fingerprint density at radius 3 is 2.21 bits per heavy atom. The van der Waals surface area contributed by atoms with E-state index in [0.717, 1.165) is 8.96 Å². The number of aldehydes is 2. The molecule has 148 valence electrons. The minimum absolute atomic E-state index is 0.202. The fourth-order valence-electron chi connectivity index (χ4n) is 4.61. The van der Waals surface area contributed by atoms with Gasteiger partial charge in [0.15, 0.2) is 18.3 Å². The Labute approximate surface area is 171 Å². The molecule has 0 bridgehead atoms. The molecule has 0 saturated heterocycles. The zero-order valence-corrected chi connectivity index (χ0v) is 17.1. The highest BCUT2D eigenvalue weighted by Gasteiger charge is 2.57. The zero-order chi connectivity index (χ0) is 21.2. The summed E-state index contributed by atoms with van der Waals surface area (Å²) < 4.78 is 33.6. The summed E-state index contributed by atoms with van der Waals surface area (Å²) in [6.07, 6.45) is 1.24. The smallest absolute Gasteiger partial charge is 0.393 e. The maximum Gasteiger partial charge on any atom is 0.737 e. The molecule has 8 heteroatoms. The Morgan fingerprint density at radius 1 is 1.03 bits per heavy atom. The lowest BCUT2D eigenvalue weighted by Crippen LogP contribution is -2.51. The third-order valence-electron chi connectivity index (χ3n) is 5.97. The lowest BCUT2D eigenvalue weighted by atomic mass is 9.84. The van der Waals surface area contributed by atoms with Crippen LogP contribution in [0.1, 0.15) is 46.7 Å². The average molecular weight is 415 g/mol. The molecular weight excluding hydrogens is 397 g/mol. The number of halogens is 3. The molecule has 1 aromatic heterocycles. The van der Waals surface area contributed by atoms with Crippen molar-refractivity contribution in [3.8, 4) is 0 Å². The lowest BCUT2D eigenvalue weighted by Gasteiger charge is -2.34. The summed E-state index contributed by atoms with van der Waals surface area (Å²) in [5, 5.41) is 0.522. The van der Waals surface area contributed by atoms with Crippen molar-refractivity contribution < 1.29 is 22.7 Å². The molecule has 0 radical (unpaired) electrons. The summed E-state index contributed by atoms with van der Waals surface area (Å²) in [7, 11) is 0. The summed E-state index contributed by atoms with van der Waals surface area (Å²) in [6.45, 7) is 2.09. The quantitative estimate of drug-likeness (QED) is 0.545. The molecular formula is C21H18BClF2N2O2. The third kappa shape index (κ3) is 2.40. The van der Waals surface area contributed by atoms with E-state index >= 15 is 8.63 Å². The van der Waals surface area contributed by atoms with Crippen LogP contribution in [0.4, 0.5) is 8.63 Å². The average Bonchev–Trinajstić information content (AvgIpc) is 3.08. The maximum atomic E-state index is 15.8. The number of allylic oxidation sites excluding steroid dienone is 2. The standard InChI is InChI=1S/C21H18BClF2N2O2/c1-11-17(9-28)13(3)26-20(11)19(15-5-7-16(23)8-6-15)21-12(2)18(10-29)14(4)27(21)22(26,24)25/h5-10H,1-4H3. The molecule has 1 aromatic carbocycles. The van der Waals surface area contributed by atoms with Gasteiger partial charge in [-0.05, 0) is 49.7 Å². The van der Waals surface area contributed by atoms with Gasteiger partial charge in [0.25, 0.3) is 0 Å². The monoisotopic (exact) mass is 414 g/mol. The van der Waals surface area contributed by atoms with Gasteiger partial charge in [-0.15, -0.1) is 0 Å². The fourth-order valence-corrected chi connectivity index (χ4v) is 4.74. The van der Waals surface area contributed by atoms with Gasteiger partial charge in [0.05, 0.1) is 11.1 Å². The highest BCUT2D eigenvalue weighted by atomic mass is 35.5. The predicted octanol–water partition coefficient (Wildman–Crippen LogP) is 4.57. The van der Waals surface area contributed by atoms with Crippen LogP contribution >= 0.6 is 11.6 Å². The van der Waals surface area contributed by atoms with Crippen molar-refractivity contribution >= 4 is 42.4 Å². The Kier molecular flexibility index (Phi) is 4.28. The van der Waals surface area contributed by atoms with E-state index in [0.29, 0.717) is 51.3 Å². The van der Waals surface area contributed by atoms with Crippen LogP contribution in [0, 0.1) is 13.8 Å². The van der Waals surface area contributed by atoms with E-state index in [2.05, 4.69) is 0 Å². The van der Waals surface area contributed by atoms with Crippen molar-refractivity contribution in [3.63, 3.8) is 0 Å². The summed E-state index contributed by atoms with van der Waals surface area (Å²) >= 11 is 6.03. The summed E-state index contributed by atoms with van der Waals surface area (Å²) in [4.78, 5) is 23.4. The van der Waals surface area contributed by atoms with Crippen LogP contribution < -0.4 is 0 Å². The number of nitrogens with zero attached hydrogens (tertiary/aromatic N) is 2. The van der Waals surface area contributed by atoms with Gasteiger partial charge in [-0.1, -0.05) is 23.7 Å². The second-order valence-electron chi connectivity index (χ2n) is 7.39. The second kappa shape index (κ2) is 6.35. The number of carbonyl (C=O) groups is 2. The minimum atomic E-state index is -4.29. The van der Waals surface area contributed by atoms with E-state index in [9.17, 15) is 9.59 Å². The van der Waals surface area contributed by atoms with Gasteiger partial charge in [0.2, 0.25) is 0 Å². The Hall–Kier alpha value is -2.80. The highest BCUT2D eigenvalue weighted by Crippen LogP contribution is 2.46. The normalized spacial score (nSPS) is 17.6. The van der Waals surface area contributed by atoms with E-state index in [1.165, 1.54) is 13.8 Å². The molecule has 4 rings (SSSR count). The first kappa shape index (κ1) is 19.5. The van der Waals surface area contributed by atoms with Crippen molar-refractivity contribution in [2.75, 3.05) is 0 Å². The molecule has 0 N–H and O–H groups in total. The van der Waals surface area contributed by atoms with Gasteiger partial charge in [-0.3, -0.25) is 9.59 Å². The van der Waals surface area contributed by atoms with Crippen LogP contribution in [-0.4, -0.2) is 34.2 Å². The number of hydrogen-bond donors (Lipinski definition) is 0. The van der Waals surface area contributed by atoms with E-state index in [4.69, 9.17) is 11.6 Å². The largest absolute Gasteiger partial charge is 0.737 e. The minimum Gasteiger partial charge on any atom is -0.393 e. The lowest BCUT2D eigenvalue weighted by molar-refractivity contribution is -0.363. The van der Waals surface area contributed by atoms with Crippen molar-refractivity contribution in [1.82, 2.24) is 4.48 Å². The van der Waals surface area contributed by atoms with Crippen LogP contribution in [0.15, 0.2) is 41.1 Å². The number of benzene rings is 1. The van der Waals surface area contributed by atoms with E-state index in [-0.39, 0.29) is 22.5 Å². The van der Waals surface area contributed by atoms with Crippen LogP contribution in [0.2, 0.25) is 5.02 Å². The zero-order valence-electron chi connectivity index (χ0n) is 16.4. The molecule has 0 spiro atoms. The van der Waals surface area contributed by atoms with Crippen molar-refractivity contribution in [1.29, 1.82) is 0 Å². The summed E-state index contributed by atoms with van der Waals surface area (Å²) in [6, 6.07) is 6.89. The van der Waals surface area contributed by atoms with Crippen LogP contribution in [0.25, 0.3) is 5.57 Å². The number of hydrogen-bond acceptors (Lipinski definition) is 2. The molecule has 2 aliphatic heterocycles. The van der Waals surface area contributed by atoms with Gasteiger partial charge in [0.1, 0.15) is 5.71 Å². The third-order valence-corrected chi connectivity index (χ3v) is 6.22. The van der Waals surface area contributed by atoms with Crippen LogP contribution in [-0.2, 0) is 4.79 Å². The molecule has 29 heavy (non-hydrogen) atoms. The Bertz CT molecular complexity index is 1200. The van der Waals surface area contributed by atoms with Crippen LogP contribution in [0.3, 0.4) is 0 Å². The molecule has 0 unspecified atom stereocenters. The molecule has 0 saturated carbocycles. The molecule has 4 nitrogen and oxygen atoms in total. The van der Waals surface area contributed by atoms with Crippen molar-refractivity contribution in [2.45, 2.75) is 27.7 Å². The van der Waals surface area contributed by atoms with E-state index < -0.39 is 6.97 Å². The second-order valence-corrected chi connectivity index (χ2v) is 7.83. The Balaban J connectivity index is 2.25. The molecule has 3 heterocycles. The first-order chi connectivity index (χ1) is 13.7. The van der Waals surface area contributed by atoms with Gasteiger partial charge in [-0.25, -0.2) is 0 Å². The fraction of sp³-hybridized carbons (Fsp3) is 0.190. The summed E-state index contributed by atoms with van der Waals surface area (Å²) in [5.41, 5.74) is 3.71. The number of rotatable bonds is 3. The van der Waals surface area contributed by atoms with Crippen molar-refractivity contribution in [2.24, 2.45) is 0 Å². The van der Waals surface area contributed by atoms with Crippen molar-refractivity contribution in [3.05, 3.63) is 74.2 Å². The van der Waals surface area contributed by atoms with Gasteiger partial charge < -0.3 is 17.6 Å². The molecule has 0 fully saturated rings. The van der Waals surface area contributed by atoms with Gasteiger partial charge >= 0.3 is 6.97 Å². The molecule has 0 aliphatic carbocycles. The molecule has 2 aliphatic rings.